The van der Waals surface area contributed by atoms with Crippen molar-refractivity contribution in [3.05, 3.63) is 46.2 Å². The number of carbonyl (C=O) groups is 2. The summed E-state index contributed by atoms with van der Waals surface area (Å²) in [6.45, 7) is 4.04. The van der Waals surface area contributed by atoms with Crippen molar-refractivity contribution in [1.29, 1.82) is 0 Å². The molecule has 0 radical (unpaired) electrons. The number of rotatable bonds is 4. The van der Waals surface area contributed by atoms with E-state index in [1.54, 1.807) is 4.90 Å². The molecule has 1 aromatic heterocycles. The molecular formula is C17H18BrN5O2. The molecule has 2 amide bonds. The third-order valence-electron chi connectivity index (χ3n) is 3.92. The fourth-order valence-electron chi connectivity index (χ4n) is 2.79. The van der Waals surface area contributed by atoms with E-state index in [2.05, 4.69) is 36.7 Å². The number of hydrogen-bond acceptors (Lipinski definition) is 5. The molecule has 1 atom stereocenters. The molecule has 1 saturated heterocycles. The van der Waals surface area contributed by atoms with E-state index in [0.717, 1.165) is 21.5 Å². The Hall–Kier alpha value is -2.48. The molecule has 2 N–H and O–H groups in total. The molecule has 0 unspecified atom stereocenters. The summed E-state index contributed by atoms with van der Waals surface area (Å²) in [7, 11) is 0. The van der Waals surface area contributed by atoms with Crippen molar-refractivity contribution in [2.24, 2.45) is 5.92 Å². The molecule has 7 nitrogen and oxygen atoms in total. The summed E-state index contributed by atoms with van der Waals surface area (Å²) in [6, 6.07) is 9.31. The molecule has 1 aliphatic rings. The van der Waals surface area contributed by atoms with Crippen molar-refractivity contribution >= 4 is 39.4 Å². The summed E-state index contributed by atoms with van der Waals surface area (Å²) in [6.07, 6.45) is 0.169. The van der Waals surface area contributed by atoms with E-state index in [0.29, 0.717) is 12.5 Å². The van der Waals surface area contributed by atoms with Gasteiger partial charge in [0.05, 0.1) is 11.6 Å². The van der Waals surface area contributed by atoms with Crippen LogP contribution in [0, 0.1) is 19.8 Å². The van der Waals surface area contributed by atoms with Crippen molar-refractivity contribution in [3.8, 4) is 0 Å². The minimum Gasteiger partial charge on any atom is -0.310 e. The highest BCUT2D eigenvalue weighted by Crippen LogP contribution is 2.31. The number of amides is 2. The summed E-state index contributed by atoms with van der Waals surface area (Å²) < 4.78 is 0.825. The standard InChI is InChI=1S/C17H18BrN5O2/c1-10-7-11(2)20-17(19-10)22-21-16(25)12-8-15(24)23(9-12)14-6-4-3-5-13(14)18/h3-7,12H,8-9H2,1-2H3,(H,21,25)(H,19,20,22)/t12-/m1/s1. The third kappa shape index (κ3) is 3.96. The highest BCUT2D eigenvalue weighted by molar-refractivity contribution is 9.10. The second-order valence-electron chi connectivity index (χ2n) is 5.95. The Kier molecular flexibility index (Phi) is 4.98. The van der Waals surface area contributed by atoms with Crippen LogP contribution in [-0.2, 0) is 9.59 Å². The van der Waals surface area contributed by atoms with Gasteiger partial charge in [0.25, 0.3) is 0 Å². The first kappa shape index (κ1) is 17.3. The molecule has 2 heterocycles. The van der Waals surface area contributed by atoms with Crippen LogP contribution >= 0.6 is 15.9 Å². The largest absolute Gasteiger partial charge is 0.310 e. The number of hydrogen-bond donors (Lipinski definition) is 2. The SMILES string of the molecule is Cc1cc(C)nc(NNC(=O)[C@@H]2CC(=O)N(c3ccccc3Br)C2)n1. The van der Waals surface area contributed by atoms with Crippen molar-refractivity contribution < 1.29 is 9.59 Å². The average molecular weight is 404 g/mol. The van der Waals surface area contributed by atoms with Gasteiger partial charge in [0.2, 0.25) is 17.8 Å². The molecule has 0 aliphatic carbocycles. The first-order valence-corrected chi connectivity index (χ1v) is 8.66. The Morgan fingerprint density at radius 1 is 1.24 bits per heavy atom. The number of para-hydroxylation sites is 1. The van der Waals surface area contributed by atoms with Crippen LogP contribution in [0.4, 0.5) is 11.6 Å². The molecule has 0 spiro atoms. The minimum atomic E-state index is -0.432. The number of hydrazine groups is 1. The van der Waals surface area contributed by atoms with Gasteiger partial charge >= 0.3 is 0 Å². The average Bonchev–Trinajstić information content (AvgIpc) is 2.94. The highest BCUT2D eigenvalue weighted by Gasteiger charge is 2.35. The molecule has 1 aliphatic heterocycles. The predicted molar refractivity (Wildman–Crippen MR) is 97.9 cm³/mol. The van der Waals surface area contributed by atoms with Crippen molar-refractivity contribution in [2.45, 2.75) is 20.3 Å². The van der Waals surface area contributed by atoms with E-state index < -0.39 is 5.92 Å². The number of nitrogens with zero attached hydrogens (tertiary/aromatic N) is 3. The number of anilines is 2. The summed E-state index contributed by atoms with van der Waals surface area (Å²) in [5.41, 5.74) is 7.70. The van der Waals surface area contributed by atoms with Crippen LogP contribution in [0.25, 0.3) is 0 Å². The lowest BCUT2D eigenvalue weighted by molar-refractivity contribution is -0.125. The number of nitrogens with one attached hydrogen (secondary N) is 2. The zero-order chi connectivity index (χ0) is 18.0. The summed E-state index contributed by atoms with van der Waals surface area (Å²) in [5.74, 6) is -0.434. The van der Waals surface area contributed by atoms with E-state index in [1.165, 1.54) is 0 Å². The van der Waals surface area contributed by atoms with Crippen molar-refractivity contribution in [3.63, 3.8) is 0 Å². The molecule has 3 rings (SSSR count). The van der Waals surface area contributed by atoms with Crippen LogP contribution in [0.1, 0.15) is 17.8 Å². The Bertz CT molecular complexity index is 806. The highest BCUT2D eigenvalue weighted by atomic mass is 79.9. The predicted octanol–water partition coefficient (Wildman–Crippen LogP) is 2.35. The summed E-state index contributed by atoms with van der Waals surface area (Å²) >= 11 is 3.44. The summed E-state index contributed by atoms with van der Waals surface area (Å²) in [4.78, 5) is 34.7. The quantitative estimate of drug-likeness (QED) is 0.764. The maximum atomic E-state index is 12.4. The maximum Gasteiger partial charge on any atom is 0.243 e. The second-order valence-corrected chi connectivity index (χ2v) is 6.80. The number of aromatic nitrogens is 2. The van der Waals surface area contributed by atoms with Crippen LogP contribution < -0.4 is 15.8 Å². The molecule has 2 aromatic rings. The lowest BCUT2D eigenvalue weighted by Gasteiger charge is -2.18. The molecule has 0 saturated carbocycles. The first-order valence-electron chi connectivity index (χ1n) is 7.87. The second kappa shape index (κ2) is 7.18. The topological polar surface area (TPSA) is 87.2 Å². The smallest absolute Gasteiger partial charge is 0.243 e. The van der Waals surface area contributed by atoms with Gasteiger partial charge in [-0.1, -0.05) is 12.1 Å². The maximum absolute atomic E-state index is 12.4. The van der Waals surface area contributed by atoms with Gasteiger partial charge in [0, 0.05) is 28.8 Å². The Morgan fingerprint density at radius 3 is 2.60 bits per heavy atom. The number of aryl methyl sites for hydroxylation is 2. The number of halogens is 1. The fraction of sp³-hybridized carbons (Fsp3) is 0.294. The molecule has 8 heteroatoms. The van der Waals surface area contributed by atoms with Crippen LogP contribution in [0.15, 0.2) is 34.8 Å². The molecule has 1 fully saturated rings. The van der Waals surface area contributed by atoms with Gasteiger partial charge in [0.15, 0.2) is 0 Å². The van der Waals surface area contributed by atoms with E-state index in [-0.39, 0.29) is 18.2 Å². The minimum absolute atomic E-state index is 0.0744. The Labute approximate surface area is 153 Å². The number of benzene rings is 1. The normalized spacial score (nSPS) is 16.8. The fourth-order valence-corrected chi connectivity index (χ4v) is 3.29. The van der Waals surface area contributed by atoms with Gasteiger partial charge in [0.1, 0.15) is 0 Å². The van der Waals surface area contributed by atoms with Gasteiger partial charge in [-0.3, -0.25) is 20.4 Å². The van der Waals surface area contributed by atoms with E-state index in [9.17, 15) is 9.59 Å². The lowest BCUT2D eigenvalue weighted by Crippen LogP contribution is -2.37. The lowest BCUT2D eigenvalue weighted by atomic mass is 10.1. The van der Waals surface area contributed by atoms with Crippen molar-refractivity contribution in [2.75, 3.05) is 16.9 Å². The van der Waals surface area contributed by atoms with Crippen LogP contribution in [0.2, 0.25) is 0 Å². The first-order chi connectivity index (χ1) is 11.9. The van der Waals surface area contributed by atoms with Gasteiger partial charge in [-0.05, 0) is 48.0 Å². The molecular weight excluding hydrogens is 386 g/mol. The van der Waals surface area contributed by atoms with Gasteiger partial charge in [-0.25, -0.2) is 9.97 Å². The van der Waals surface area contributed by atoms with Gasteiger partial charge in [-0.2, -0.15) is 0 Å². The van der Waals surface area contributed by atoms with Crippen LogP contribution in [0.5, 0.6) is 0 Å². The zero-order valence-electron chi connectivity index (χ0n) is 13.9. The van der Waals surface area contributed by atoms with Crippen LogP contribution in [-0.4, -0.2) is 28.3 Å². The van der Waals surface area contributed by atoms with Gasteiger partial charge < -0.3 is 4.90 Å². The third-order valence-corrected chi connectivity index (χ3v) is 4.59. The van der Waals surface area contributed by atoms with Gasteiger partial charge in [-0.15, -0.1) is 0 Å². The van der Waals surface area contributed by atoms with Crippen molar-refractivity contribution in [1.82, 2.24) is 15.4 Å². The Morgan fingerprint density at radius 2 is 1.92 bits per heavy atom. The summed E-state index contributed by atoms with van der Waals surface area (Å²) in [5, 5.41) is 0. The monoisotopic (exact) mass is 403 g/mol. The molecule has 0 bridgehead atoms. The van der Waals surface area contributed by atoms with E-state index in [1.807, 2.05) is 44.2 Å². The Balaban J connectivity index is 1.64. The van der Waals surface area contributed by atoms with E-state index in [4.69, 9.17) is 0 Å². The number of carbonyl (C=O) groups excluding carboxylic acids is 2. The zero-order valence-corrected chi connectivity index (χ0v) is 15.5. The van der Waals surface area contributed by atoms with Crippen LogP contribution in [0.3, 0.4) is 0 Å². The molecule has 25 heavy (non-hydrogen) atoms. The van der Waals surface area contributed by atoms with E-state index >= 15 is 0 Å². The molecule has 1 aromatic carbocycles. The molecule has 130 valence electrons.